The highest BCUT2D eigenvalue weighted by Crippen LogP contribution is 2.21. The molecule has 0 atom stereocenters. The molecule has 0 aromatic carbocycles. The SMILES string of the molecule is c1csc(-c2[nH]nc3[n+]2CCN3)c1. The Kier molecular flexibility index (Phi) is 1.40. The maximum absolute atomic E-state index is 4.19. The zero-order valence-electron chi connectivity index (χ0n) is 6.95. The average Bonchev–Trinajstić information content (AvgIpc) is 2.79. The summed E-state index contributed by atoms with van der Waals surface area (Å²) < 4.78 is 2.17. The van der Waals surface area contributed by atoms with Gasteiger partial charge in [0.05, 0.1) is 18.0 Å². The van der Waals surface area contributed by atoms with E-state index in [0.717, 1.165) is 24.9 Å². The number of nitrogens with one attached hydrogen (secondary N) is 2. The highest BCUT2D eigenvalue weighted by molar-refractivity contribution is 7.13. The smallest absolute Gasteiger partial charge is 0.289 e. The first-order valence-corrected chi connectivity index (χ1v) is 5.09. The van der Waals surface area contributed by atoms with Gasteiger partial charge in [-0.2, -0.15) is 5.10 Å². The van der Waals surface area contributed by atoms with E-state index < -0.39 is 0 Å². The summed E-state index contributed by atoms with van der Waals surface area (Å²) in [6, 6.07) is 4.15. The van der Waals surface area contributed by atoms with E-state index in [4.69, 9.17) is 0 Å². The van der Waals surface area contributed by atoms with Crippen molar-refractivity contribution in [3.8, 4) is 10.7 Å². The molecule has 0 saturated heterocycles. The van der Waals surface area contributed by atoms with Crippen LogP contribution in [0.25, 0.3) is 10.7 Å². The lowest BCUT2D eigenvalue weighted by molar-refractivity contribution is -0.659. The lowest BCUT2D eigenvalue weighted by atomic mass is 10.4. The van der Waals surface area contributed by atoms with Gasteiger partial charge in [-0.25, -0.2) is 4.57 Å². The first kappa shape index (κ1) is 7.08. The van der Waals surface area contributed by atoms with Crippen LogP contribution in [-0.2, 0) is 6.54 Å². The van der Waals surface area contributed by atoms with Crippen LogP contribution in [0.3, 0.4) is 0 Å². The van der Waals surface area contributed by atoms with Gasteiger partial charge in [-0.1, -0.05) is 6.07 Å². The van der Waals surface area contributed by atoms with Gasteiger partial charge in [0.1, 0.15) is 0 Å². The van der Waals surface area contributed by atoms with Gasteiger partial charge in [-0.3, -0.25) is 5.32 Å². The number of fused-ring (bicyclic) bond motifs is 1. The van der Waals surface area contributed by atoms with Crippen molar-refractivity contribution in [2.45, 2.75) is 6.54 Å². The van der Waals surface area contributed by atoms with Crippen molar-refractivity contribution >= 4 is 17.3 Å². The van der Waals surface area contributed by atoms with Gasteiger partial charge in [0.15, 0.2) is 0 Å². The first-order valence-electron chi connectivity index (χ1n) is 4.21. The van der Waals surface area contributed by atoms with Crippen LogP contribution in [-0.4, -0.2) is 16.7 Å². The van der Waals surface area contributed by atoms with Crippen LogP contribution in [0.2, 0.25) is 0 Å². The van der Waals surface area contributed by atoms with E-state index in [1.54, 1.807) is 11.3 Å². The molecule has 1 aliphatic rings. The molecule has 0 amide bonds. The Morgan fingerprint density at radius 1 is 1.54 bits per heavy atom. The Labute approximate surface area is 79.2 Å². The van der Waals surface area contributed by atoms with Crippen molar-refractivity contribution in [1.29, 1.82) is 0 Å². The summed E-state index contributed by atoms with van der Waals surface area (Å²) in [6.07, 6.45) is 0. The third-order valence-electron chi connectivity index (χ3n) is 2.17. The number of rotatable bonds is 1. The minimum atomic E-state index is 0.948. The molecule has 0 bridgehead atoms. The fraction of sp³-hybridized carbons (Fsp3) is 0.250. The molecular weight excluding hydrogens is 184 g/mol. The Morgan fingerprint density at radius 2 is 2.54 bits per heavy atom. The zero-order valence-corrected chi connectivity index (χ0v) is 7.77. The van der Waals surface area contributed by atoms with Crippen molar-refractivity contribution in [2.75, 3.05) is 11.9 Å². The lowest BCUT2D eigenvalue weighted by Crippen LogP contribution is -2.31. The molecule has 4 nitrogen and oxygen atoms in total. The Balaban J connectivity index is 2.16. The quantitative estimate of drug-likeness (QED) is 0.659. The number of thiophene rings is 1. The predicted octanol–water partition coefficient (Wildman–Crippen LogP) is 0.851. The summed E-state index contributed by atoms with van der Waals surface area (Å²) in [5.74, 6) is 2.05. The van der Waals surface area contributed by atoms with Crippen LogP contribution < -0.4 is 9.88 Å². The monoisotopic (exact) mass is 193 g/mol. The van der Waals surface area contributed by atoms with Crippen molar-refractivity contribution in [2.24, 2.45) is 0 Å². The van der Waals surface area contributed by atoms with E-state index in [1.807, 2.05) is 0 Å². The molecule has 0 spiro atoms. The number of aromatic nitrogens is 3. The number of H-pyrrole nitrogens is 1. The molecule has 66 valence electrons. The summed E-state index contributed by atoms with van der Waals surface area (Å²) in [5, 5.41) is 12.5. The van der Waals surface area contributed by atoms with E-state index >= 15 is 0 Å². The molecule has 2 aromatic heterocycles. The van der Waals surface area contributed by atoms with Crippen molar-refractivity contribution in [3.63, 3.8) is 0 Å². The molecule has 2 N–H and O–H groups in total. The van der Waals surface area contributed by atoms with E-state index in [0.29, 0.717) is 0 Å². The minimum absolute atomic E-state index is 0.948. The molecule has 3 heterocycles. The summed E-state index contributed by atoms with van der Waals surface area (Å²) in [7, 11) is 0. The minimum Gasteiger partial charge on any atom is -0.289 e. The first-order chi connectivity index (χ1) is 6.45. The van der Waals surface area contributed by atoms with Crippen LogP contribution in [0.4, 0.5) is 5.95 Å². The number of anilines is 1. The standard InChI is InChI=1S/C8H8N4S/c1-2-6(13-5-1)7-10-11-8-9-3-4-12(7)8/h1-2,5H,3-4H2,(H,9,11)/p+1. The van der Waals surface area contributed by atoms with E-state index in [2.05, 4.69) is 37.6 Å². The number of nitrogens with zero attached hydrogens (tertiary/aromatic N) is 2. The second kappa shape index (κ2) is 2.56. The molecule has 0 radical (unpaired) electrons. The molecule has 2 aromatic rings. The van der Waals surface area contributed by atoms with Crippen LogP contribution in [0.15, 0.2) is 17.5 Å². The number of aromatic amines is 1. The Bertz CT molecular complexity index is 417. The van der Waals surface area contributed by atoms with Crippen LogP contribution in [0.5, 0.6) is 0 Å². The molecule has 13 heavy (non-hydrogen) atoms. The molecular formula is C8H9N4S+. The third kappa shape index (κ3) is 0.968. The van der Waals surface area contributed by atoms with Gasteiger partial charge in [-0.15, -0.1) is 11.3 Å². The number of hydrogen-bond donors (Lipinski definition) is 2. The molecule has 3 rings (SSSR count). The van der Waals surface area contributed by atoms with Crippen LogP contribution in [0, 0.1) is 0 Å². The largest absolute Gasteiger partial charge is 0.378 e. The van der Waals surface area contributed by atoms with Gasteiger partial charge in [0, 0.05) is 5.10 Å². The van der Waals surface area contributed by atoms with Crippen molar-refractivity contribution in [3.05, 3.63) is 17.5 Å². The molecule has 1 aliphatic heterocycles. The second-order valence-corrected chi connectivity index (χ2v) is 3.90. The van der Waals surface area contributed by atoms with Gasteiger partial charge in [-0.05, 0) is 11.4 Å². The summed E-state index contributed by atoms with van der Waals surface area (Å²) in [4.78, 5) is 1.24. The second-order valence-electron chi connectivity index (χ2n) is 2.95. The normalized spacial score (nSPS) is 14.2. The number of hydrogen-bond acceptors (Lipinski definition) is 3. The van der Waals surface area contributed by atoms with Gasteiger partial charge >= 0.3 is 5.95 Å². The highest BCUT2D eigenvalue weighted by atomic mass is 32.1. The van der Waals surface area contributed by atoms with Gasteiger partial charge in [0.2, 0.25) is 5.82 Å². The topological polar surface area (TPSA) is 44.6 Å². The van der Waals surface area contributed by atoms with E-state index in [9.17, 15) is 0 Å². The molecule has 0 fully saturated rings. The van der Waals surface area contributed by atoms with E-state index in [1.165, 1.54) is 4.88 Å². The van der Waals surface area contributed by atoms with E-state index in [-0.39, 0.29) is 0 Å². The Morgan fingerprint density at radius 3 is 3.38 bits per heavy atom. The Hall–Kier alpha value is -1.36. The maximum Gasteiger partial charge on any atom is 0.378 e. The predicted molar refractivity (Wildman–Crippen MR) is 50.6 cm³/mol. The highest BCUT2D eigenvalue weighted by Gasteiger charge is 2.24. The molecule has 5 heteroatoms. The average molecular weight is 193 g/mol. The lowest BCUT2D eigenvalue weighted by Gasteiger charge is -1.91. The maximum atomic E-state index is 4.19. The van der Waals surface area contributed by atoms with Crippen molar-refractivity contribution in [1.82, 2.24) is 10.2 Å². The molecule has 0 saturated carbocycles. The van der Waals surface area contributed by atoms with Gasteiger partial charge in [0.25, 0.3) is 0 Å². The molecule has 0 aliphatic carbocycles. The summed E-state index contributed by atoms with van der Waals surface area (Å²) in [5.41, 5.74) is 0. The fourth-order valence-corrected chi connectivity index (χ4v) is 2.29. The fourth-order valence-electron chi connectivity index (χ4n) is 1.57. The summed E-state index contributed by atoms with van der Waals surface area (Å²) in [6.45, 7) is 1.98. The zero-order chi connectivity index (χ0) is 8.67. The van der Waals surface area contributed by atoms with Gasteiger partial charge < -0.3 is 0 Å². The third-order valence-corrected chi connectivity index (χ3v) is 3.04. The summed E-state index contributed by atoms with van der Waals surface area (Å²) >= 11 is 1.73. The molecule has 0 unspecified atom stereocenters. The van der Waals surface area contributed by atoms with Crippen LogP contribution in [0.1, 0.15) is 0 Å². The van der Waals surface area contributed by atoms with Crippen LogP contribution >= 0.6 is 11.3 Å². The van der Waals surface area contributed by atoms with Crippen molar-refractivity contribution < 1.29 is 4.57 Å².